The van der Waals surface area contributed by atoms with Crippen LogP contribution in [0.2, 0.25) is 0 Å². The molecule has 0 amide bonds. The second-order valence-electron chi connectivity index (χ2n) is 2.59. The van der Waals surface area contributed by atoms with Gasteiger partial charge in [0, 0.05) is 11.0 Å². The van der Waals surface area contributed by atoms with Crippen LogP contribution in [0.15, 0.2) is 18.2 Å². The second-order valence-corrected chi connectivity index (χ2v) is 3.71. The van der Waals surface area contributed by atoms with E-state index < -0.39 is 11.9 Å². The predicted octanol–water partition coefficient (Wildman–Crippen LogP) is 2.02. The van der Waals surface area contributed by atoms with Gasteiger partial charge in [0.2, 0.25) is 0 Å². The van der Waals surface area contributed by atoms with Crippen molar-refractivity contribution in [3.8, 4) is 0 Å². The molecule has 0 fully saturated rings. The van der Waals surface area contributed by atoms with Crippen molar-refractivity contribution in [2.45, 2.75) is 6.92 Å². The van der Waals surface area contributed by atoms with Crippen molar-refractivity contribution in [3.63, 3.8) is 0 Å². The Morgan fingerprint density at radius 2 is 2.27 bits per heavy atom. The Labute approximate surface area is 90.8 Å². The molecule has 15 heavy (non-hydrogen) atoms. The van der Waals surface area contributed by atoms with Crippen LogP contribution in [0, 0.1) is 0 Å². The topological polar surface area (TPSA) is 63.6 Å². The normalized spacial score (nSPS) is 10.5. The van der Waals surface area contributed by atoms with Crippen LogP contribution in [-0.2, 0) is 9.53 Å². The Balaban J connectivity index is 2.64. The number of carbonyl (C=O) groups excluding carboxylic acids is 1. The standard InChI is InChI=1S/C10H10O4S/c1-2-14-9(11)6-4-7-3-5-8(15-7)10(12)13/h3-6H,2H2,1H3,(H,12,13)/b6-4+. The SMILES string of the molecule is CCOC(=O)/C=C/c1ccc(C(=O)O)s1. The molecule has 0 aliphatic heterocycles. The van der Waals surface area contributed by atoms with Crippen LogP contribution in [0.4, 0.5) is 0 Å². The first-order valence-corrected chi connectivity index (χ1v) is 5.13. The largest absolute Gasteiger partial charge is 0.477 e. The number of esters is 1. The lowest BCUT2D eigenvalue weighted by Crippen LogP contribution is -1.98. The molecule has 1 aromatic rings. The number of hydrogen-bond acceptors (Lipinski definition) is 4. The molecular formula is C10H10O4S. The summed E-state index contributed by atoms with van der Waals surface area (Å²) in [6, 6.07) is 3.14. The minimum Gasteiger partial charge on any atom is -0.477 e. The quantitative estimate of drug-likeness (QED) is 0.630. The molecule has 0 aliphatic carbocycles. The van der Waals surface area contributed by atoms with Crippen molar-refractivity contribution < 1.29 is 19.4 Å². The summed E-state index contributed by atoms with van der Waals surface area (Å²) in [5.41, 5.74) is 0. The van der Waals surface area contributed by atoms with Crippen molar-refractivity contribution >= 4 is 29.4 Å². The summed E-state index contributed by atoms with van der Waals surface area (Å²) in [7, 11) is 0. The second kappa shape index (κ2) is 5.31. The number of carboxylic acids is 1. The van der Waals surface area contributed by atoms with E-state index in [1.54, 1.807) is 13.0 Å². The van der Waals surface area contributed by atoms with E-state index in [2.05, 4.69) is 4.74 Å². The van der Waals surface area contributed by atoms with Gasteiger partial charge in [-0.2, -0.15) is 0 Å². The number of aromatic carboxylic acids is 1. The van der Waals surface area contributed by atoms with Gasteiger partial charge in [-0.1, -0.05) is 0 Å². The molecule has 0 saturated carbocycles. The molecule has 0 saturated heterocycles. The fourth-order valence-corrected chi connectivity index (χ4v) is 1.65. The van der Waals surface area contributed by atoms with E-state index >= 15 is 0 Å². The molecule has 0 radical (unpaired) electrons. The lowest BCUT2D eigenvalue weighted by Gasteiger charge is -1.93. The maximum atomic E-state index is 10.9. The minimum atomic E-state index is -0.962. The monoisotopic (exact) mass is 226 g/mol. The molecule has 0 spiro atoms. The lowest BCUT2D eigenvalue weighted by molar-refractivity contribution is -0.137. The average Bonchev–Trinajstić information content (AvgIpc) is 2.63. The van der Waals surface area contributed by atoms with Crippen LogP contribution < -0.4 is 0 Å². The average molecular weight is 226 g/mol. The molecule has 80 valence electrons. The maximum Gasteiger partial charge on any atom is 0.345 e. The zero-order chi connectivity index (χ0) is 11.3. The van der Waals surface area contributed by atoms with Crippen LogP contribution in [0.1, 0.15) is 21.5 Å². The van der Waals surface area contributed by atoms with E-state index in [9.17, 15) is 9.59 Å². The summed E-state index contributed by atoms with van der Waals surface area (Å²) in [4.78, 5) is 22.4. The molecule has 1 aromatic heterocycles. The summed E-state index contributed by atoms with van der Waals surface area (Å²) < 4.78 is 4.68. The van der Waals surface area contributed by atoms with Gasteiger partial charge < -0.3 is 9.84 Å². The van der Waals surface area contributed by atoms with E-state index in [4.69, 9.17) is 5.11 Å². The van der Waals surface area contributed by atoms with E-state index in [1.807, 2.05) is 0 Å². The Hall–Kier alpha value is -1.62. The van der Waals surface area contributed by atoms with E-state index in [1.165, 1.54) is 18.2 Å². The summed E-state index contributed by atoms with van der Waals surface area (Å²) in [5.74, 6) is -1.39. The smallest absolute Gasteiger partial charge is 0.345 e. The van der Waals surface area contributed by atoms with Gasteiger partial charge in [-0.3, -0.25) is 0 Å². The molecule has 1 heterocycles. The predicted molar refractivity (Wildman–Crippen MR) is 56.9 cm³/mol. The highest BCUT2D eigenvalue weighted by Gasteiger charge is 2.05. The van der Waals surface area contributed by atoms with E-state index in [0.717, 1.165) is 11.3 Å². The summed E-state index contributed by atoms with van der Waals surface area (Å²) in [6.07, 6.45) is 2.82. The van der Waals surface area contributed by atoms with Crippen molar-refractivity contribution in [1.29, 1.82) is 0 Å². The molecule has 0 aliphatic rings. The van der Waals surface area contributed by atoms with Crippen LogP contribution >= 0.6 is 11.3 Å². The first-order valence-electron chi connectivity index (χ1n) is 4.31. The Morgan fingerprint density at radius 3 is 2.80 bits per heavy atom. The first kappa shape index (κ1) is 11.5. The van der Waals surface area contributed by atoms with Crippen molar-refractivity contribution in [1.82, 2.24) is 0 Å². The van der Waals surface area contributed by atoms with Crippen molar-refractivity contribution in [3.05, 3.63) is 28.0 Å². The summed E-state index contributed by atoms with van der Waals surface area (Å²) in [6.45, 7) is 2.05. The fourth-order valence-electron chi connectivity index (χ4n) is 0.898. The van der Waals surface area contributed by atoms with Gasteiger partial charge in [0.05, 0.1) is 6.61 Å². The third-order valence-electron chi connectivity index (χ3n) is 1.51. The molecule has 0 aromatic carbocycles. The van der Waals surface area contributed by atoms with Crippen LogP contribution in [0.5, 0.6) is 0 Å². The zero-order valence-electron chi connectivity index (χ0n) is 8.10. The number of carboxylic acid groups (broad SMARTS) is 1. The molecule has 0 atom stereocenters. The number of hydrogen-bond donors (Lipinski definition) is 1. The highest BCUT2D eigenvalue weighted by Crippen LogP contribution is 2.17. The highest BCUT2D eigenvalue weighted by molar-refractivity contribution is 7.14. The first-order chi connectivity index (χ1) is 7.13. The number of thiophene rings is 1. The van der Waals surface area contributed by atoms with Gasteiger partial charge in [-0.15, -0.1) is 11.3 Å². The molecular weight excluding hydrogens is 216 g/mol. The van der Waals surface area contributed by atoms with Gasteiger partial charge in [0.1, 0.15) is 4.88 Å². The fraction of sp³-hybridized carbons (Fsp3) is 0.200. The Kier molecular flexibility index (Phi) is 4.05. The summed E-state index contributed by atoms with van der Waals surface area (Å²) >= 11 is 1.11. The maximum absolute atomic E-state index is 10.9. The molecule has 0 bridgehead atoms. The van der Waals surface area contributed by atoms with E-state index in [-0.39, 0.29) is 4.88 Å². The zero-order valence-corrected chi connectivity index (χ0v) is 8.91. The number of ether oxygens (including phenoxy) is 1. The van der Waals surface area contributed by atoms with Gasteiger partial charge >= 0.3 is 11.9 Å². The van der Waals surface area contributed by atoms with Crippen LogP contribution in [-0.4, -0.2) is 23.7 Å². The minimum absolute atomic E-state index is 0.249. The molecule has 1 N–H and O–H groups in total. The van der Waals surface area contributed by atoms with Gasteiger partial charge in [0.25, 0.3) is 0 Å². The molecule has 4 nitrogen and oxygen atoms in total. The van der Waals surface area contributed by atoms with Crippen molar-refractivity contribution in [2.24, 2.45) is 0 Å². The number of rotatable bonds is 4. The molecule has 1 rings (SSSR count). The lowest BCUT2D eigenvalue weighted by atomic mass is 10.4. The van der Waals surface area contributed by atoms with E-state index in [0.29, 0.717) is 11.5 Å². The van der Waals surface area contributed by atoms with Crippen LogP contribution in [0.3, 0.4) is 0 Å². The summed E-state index contributed by atoms with van der Waals surface area (Å²) in [5, 5.41) is 8.65. The number of carbonyl (C=O) groups is 2. The van der Waals surface area contributed by atoms with Crippen LogP contribution in [0.25, 0.3) is 6.08 Å². The van der Waals surface area contributed by atoms with Crippen molar-refractivity contribution in [2.75, 3.05) is 6.61 Å². The van der Waals surface area contributed by atoms with Gasteiger partial charge in [0.15, 0.2) is 0 Å². The third kappa shape index (κ3) is 3.55. The molecule has 5 heteroatoms. The highest BCUT2D eigenvalue weighted by atomic mass is 32.1. The van der Waals surface area contributed by atoms with Gasteiger partial charge in [-0.05, 0) is 25.1 Å². The Morgan fingerprint density at radius 1 is 1.53 bits per heavy atom. The van der Waals surface area contributed by atoms with Gasteiger partial charge in [-0.25, -0.2) is 9.59 Å². The third-order valence-corrected chi connectivity index (χ3v) is 2.55. The molecule has 0 unspecified atom stereocenters. The Bertz CT molecular complexity index is 392.